The van der Waals surface area contributed by atoms with Crippen LogP contribution < -0.4 is 10.6 Å². The van der Waals surface area contributed by atoms with Crippen molar-refractivity contribution in [3.8, 4) is 0 Å². The zero-order valence-corrected chi connectivity index (χ0v) is 13.9. The Kier molecular flexibility index (Phi) is 4.29. The molecule has 1 atom stereocenters. The van der Waals surface area contributed by atoms with E-state index in [4.69, 9.17) is 0 Å². The van der Waals surface area contributed by atoms with Gasteiger partial charge in [0.05, 0.1) is 5.39 Å². The Morgan fingerprint density at radius 1 is 1.24 bits per heavy atom. The fraction of sp³-hybridized carbons (Fsp3) is 0.625. The summed E-state index contributed by atoms with van der Waals surface area (Å²) in [4.78, 5) is 11.5. The van der Waals surface area contributed by atoms with E-state index >= 15 is 0 Å². The largest absolute Gasteiger partial charge is 0.367 e. The number of nitrogens with one attached hydrogen (secondary N) is 2. The molecule has 21 heavy (non-hydrogen) atoms. The molecule has 3 rings (SSSR count). The van der Waals surface area contributed by atoms with Gasteiger partial charge in [0.2, 0.25) is 5.95 Å². The van der Waals surface area contributed by atoms with E-state index in [0.717, 1.165) is 22.0 Å². The van der Waals surface area contributed by atoms with Crippen LogP contribution in [-0.2, 0) is 0 Å². The minimum absolute atomic E-state index is 0.466. The Labute approximate surface area is 130 Å². The van der Waals surface area contributed by atoms with Gasteiger partial charge < -0.3 is 10.6 Å². The highest BCUT2D eigenvalue weighted by Gasteiger charge is 2.21. The molecule has 0 amide bonds. The third kappa shape index (κ3) is 3.12. The minimum atomic E-state index is 0.466. The summed E-state index contributed by atoms with van der Waals surface area (Å²) in [6.45, 7) is 4.42. The third-order valence-corrected chi connectivity index (χ3v) is 5.41. The van der Waals surface area contributed by atoms with E-state index in [2.05, 4.69) is 40.5 Å². The van der Waals surface area contributed by atoms with E-state index in [9.17, 15) is 0 Å². The van der Waals surface area contributed by atoms with E-state index in [1.54, 1.807) is 11.3 Å². The highest BCUT2D eigenvalue weighted by Crippen LogP contribution is 2.32. The molecule has 0 aromatic carbocycles. The van der Waals surface area contributed by atoms with Crippen LogP contribution in [0.1, 0.15) is 43.9 Å². The van der Waals surface area contributed by atoms with Crippen molar-refractivity contribution in [1.82, 2.24) is 9.97 Å². The van der Waals surface area contributed by atoms with Crippen molar-refractivity contribution in [2.24, 2.45) is 5.92 Å². The lowest BCUT2D eigenvalue weighted by Gasteiger charge is -2.28. The quantitative estimate of drug-likeness (QED) is 0.877. The molecule has 0 radical (unpaired) electrons. The lowest BCUT2D eigenvalue weighted by atomic mass is 9.84. The second-order valence-corrected chi connectivity index (χ2v) is 7.29. The van der Waals surface area contributed by atoms with Gasteiger partial charge in [0.1, 0.15) is 10.6 Å². The van der Waals surface area contributed by atoms with Gasteiger partial charge in [-0.05, 0) is 38.7 Å². The predicted octanol–water partition coefficient (Wildman–Crippen LogP) is 4.42. The van der Waals surface area contributed by atoms with Crippen molar-refractivity contribution in [3.05, 3.63) is 10.9 Å². The Bertz CT molecular complexity index is 616. The van der Waals surface area contributed by atoms with Crippen LogP contribution in [0.5, 0.6) is 0 Å². The fourth-order valence-corrected chi connectivity index (χ4v) is 4.11. The Morgan fingerprint density at radius 2 is 2.00 bits per heavy atom. The molecule has 2 aromatic rings. The molecular weight excluding hydrogens is 280 g/mol. The van der Waals surface area contributed by atoms with Crippen LogP contribution >= 0.6 is 11.3 Å². The highest BCUT2D eigenvalue weighted by molar-refractivity contribution is 7.18. The van der Waals surface area contributed by atoms with Crippen LogP contribution in [-0.4, -0.2) is 23.1 Å². The summed E-state index contributed by atoms with van der Waals surface area (Å²) in [5, 5.41) is 7.88. The number of anilines is 2. The summed E-state index contributed by atoms with van der Waals surface area (Å²) in [5.74, 6) is 2.44. The van der Waals surface area contributed by atoms with Crippen LogP contribution in [0.15, 0.2) is 6.07 Å². The van der Waals surface area contributed by atoms with Crippen molar-refractivity contribution in [1.29, 1.82) is 0 Å². The topological polar surface area (TPSA) is 49.8 Å². The molecule has 1 aliphatic carbocycles. The third-order valence-electron chi connectivity index (χ3n) is 4.46. The van der Waals surface area contributed by atoms with Gasteiger partial charge in [-0.15, -0.1) is 11.3 Å². The molecule has 2 heterocycles. The minimum Gasteiger partial charge on any atom is -0.367 e. The van der Waals surface area contributed by atoms with E-state index in [1.165, 1.54) is 37.0 Å². The normalized spacial score (nSPS) is 17.9. The molecule has 1 fully saturated rings. The molecule has 0 spiro atoms. The molecule has 114 valence electrons. The zero-order chi connectivity index (χ0) is 14.8. The van der Waals surface area contributed by atoms with Crippen LogP contribution in [0.4, 0.5) is 11.8 Å². The maximum absolute atomic E-state index is 4.64. The van der Waals surface area contributed by atoms with Crippen LogP contribution in [0.25, 0.3) is 10.2 Å². The summed E-state index contributed by atoms with van der Waals surface area (Å²) in [5.41, 5.74) is 0. The Morgan fingerprint density at radius 3 is 2.71 bits per heavy atom. The first-order chi connectivity index (χ1) is 10.2. The maximum atomic E-state index is 4.64. The van der Waals surface area contributed by atoms with E-state index < -0.39 is 0 Å². The van der Waals surface area contributed by atoms with Crippen LogP contribution in [0, 0.1) is 12.8 Å². The number of aryl methyl sites for hydroxylation is 1. The molecule has 1 saturated carbocycles. The van der Waals surface area contributed by atoms with Crippen molar-refractivity contribution >= 4 is 33.3 Å². The summed E-state index contributed by atoms with van der Waals surface area (Å²) >= 11 is 1.73. The number of fused-ring (bicyclic) bond motifs is 1. The molecule has 1 unspecified atom stereocenters. The number of thiophene rings is 1. The van der Waals surface area contributed by atoms with Crippen molar-refractivity contribution < 1.29 is 0 Å². The molecule has 1 aliphatic rings. The first-order valence-electron chi connectivity index (χ1n) is 7.90. The second kappa shape index (κ2) is 6.18. The lowest BCUT2D eigenvalue weighted by Crippen LogP contribution is -2.28. The number of hydrogen-bond donors (Lipinski definition) is 2. The Balaban J connectivity index is 1.87. The van der Waals surface area contributed by atoms with Gasteiger partial charge in [-0.25, -0.2) is 4.98 Å². The zero-order valence-electron chi connectivity index (χ0n) is 13.1. The van der Waals surface area contributed by atoms with E-state index in [1.807, 2.05) is 7.05 Å². The van der Waals surface area contributed by atoms with E-state index in [-0.39, 0.29) is 0 Å². The highest BCUT2D eigenvalue weighted by atomic mass is 32.1. The molecule has 0 aliphatic heterocycles. The van der Waals surface area contributed by atoms with Gasteiger partial charge in [-0.3, -0.25) is 0 Å². The Hall–Kier alpha value is -1.36. The molecule has 2 N–H and O–H groups in total. The fourth-order valence-electron chi connectivity index (χ4n) is 3.23. The molecule has 0 saturated heterocycles. The standard InChI is InChI=1S/C16H24N4S/c1-10-9-13-14(19-16(17-3)20-15(13)21-10)18-11(2)12-7-5-4-6-8-12/h9,11-12H,4-8H2,1-3H3,(H2,17,18,19,20). The molecular formula is C16H24N4S. The van der Waals surface area contributed by atoms with E-state index in [0.29, 0.717) is 12.0 Å². The molecule has 4 nitrogen and oxygen atoms in total. The van der Waals surface area contributed by atoms with Crippen molar-refractivity contribution in [3.63, 3.8) is 0 Å². The van der Waals surface area contributed by atoms with Crippen molar-refractivity contribution in [2.45, 2.75) is 52.0 Å². The summed E-state index contributed by atoms with van der Waals surface area (Å²) in [6.07, 6.45) is 6.81. The smallest absolute Gasteiger partial charge is 0.225 e. The van der Waals surface area contributed by atoms with Gasteiger partial charge >= 0.3 is 0 Å². The average Bonchev–Trinajstić information content (AvgIpc) is 2.88. The molecule has 2 aromatic heterocycles. The van der Waals surface area contributed by atoms with Crippen LogP contribution in [0.2, 0.25) is 0 Å². The second-order valence-electron chi connectivity index (χ2n) is 6.05. The first kappa shape index (κ1) is 14.6. The average molecular weight is 304 g/mol. The monoisotopic (exact) mass is 304 g/mol. The first-order valence-corrected chi connectivity index (χ1v) is 8.71. The number of aromatic nitrogens is 2. The van der Waals surface area contributed by atoms with Gasteiger partial charge in [-0.1, -0.05) is 19.3 Å². The van der Waals surface area contributed by atoms with Crippen molar-refractivity contribution in [2.75, 3.05) is 17.7 Å². The van der Waals surface area contributed by atoms with Gasteiger partial charge in [0.15, 0.2) is 0 Å². The van der Waals surface area contributed by atoms with Gasteiger partial charge in [-0.2, -0.15) is 4.98 Å². The van der Waals surface area contributed by atoms with Gasteiger partial charge in [0, 0.05) is 18.0 Å². The van der Waals surface area contributed by atoms with Crippen LogP contribution in [0.3, 0.4) is 0 Å². The number of hydrogen-bond acceptors (Lipinski definition) is 5. The molecule has 5 heteroatoms. The summed E-state index contributed by atoms with van der Waals surface area (Å²) < 4.78 is 0. The number of nitrogens with zero attached hydrogens (tertiary/aromatic N) is 2. The lowest BCUT2D eigenvalue weighted by molar-refractivity contribution is 0.328. The molecule has 0 bridgehead atoms. The summed E-state index contributed by atoms with van der Waals surface area (Å²) in [7, 11) is 1.87. The summed E-state index contributed by atoms with van der Waals surface area (Å²) in [6, 6.07) is 2.66. The SMILES string of the molecule is CNc1nc(NC(C)C2CCCCC2)c2cc(C)sc2n1. The number of rotatable bonds is 4. The van der Waals surface area contributed by atoms with Gasteiger partial charge in [0.25, 0.3) is 0 Å². The maximum Gasteiger partial charge on any atom is 0.225 e. The predicted molar refractivity (Wildman–Crippen MR) is 91.4 cm³/mol.